The molecule has 0 amide bonds. The normalized spacial score (nSPS) is 11.2. The van der Waals surface area contributed by atoms with E-state index in [0.29, 0.717) is 5.75 Å². The number of aryl methyl sites for hydroxylation is 2. The van der Waals surface area contributed by atoms with E-state index < -0.39 is 10.1 Å². The predicted octanol–water partition coefficient (Wildman–Crippen LogP) is 2.47. The van der Waals surface area contributed by atoms with Gasteiger partial charge in [-0.25, -0.2) is 0 Å². The first-order valence-corrected chi connectivity index (χ1v) is 6.81. The first-order chi connectivity index (χ1) is 8.47. The molecule has 0 aliphatic rings. The summed E-state index contributed by atoms with van der Waals surface area (Å²) in [5.41, 5.74) is 1.90. The van der Waals surface area contributed by atoms with Crippen LogP contribution in [0, 0.1) is 13.8 Å². The fourth-order valence-corrected chi connectivity index (χ4v) is 2.53. The zero-order chi connectivity index (χ0) is 13.2. The Morgan fingerprint density at radius 1 is 1.11 bits per heavy atom. The number of hydrogen-bond acceptors (Lipinski definition) is 4. The van der Waals surface area contributed by atoms with Crippen molar-refractivity contribution in [1.29, 1.82) is 0 Å². The topological polar surface area (TPSA) is 56.3 Å². The van der Waals surface area contributed by atoms with Crippen LogP contribution in [-0.4, -0.2) is 13.4 Å². The van der Waals surface area contributed by atoms with E-state index in [9.17, 15) is 8.42 Å². The molecule has 5 heteroatoms. The molecule has 0 aliphatic heterocycles. The van der Waals surface area contributed by atoms with Crippen molar-refractivity contribution >= 4 is 10.1 Å². The molecule has 18 heavy (non-hydrogen) atoms. The van der Waals surface area contributed by atoms with Gasteiger partial charge in [-0.2, -0.15) is 8.42 Å². The second-order valence-corrected chi connectivity index (χ2v) is 5.60. The lowest BCUT2D eigenvalue weighted by molar-refractivity contribution is 0.485. The molecule has 0 unspecified atom stereocenters. The Bertz CT molecular complexity index is 631. The van der Waals surface area contributed by atoms with Gasteiger partial charge in [0.1, 0.15) is 10.6 Å². The van der Waals surface area contributed by atoms with Gasteiger partial charge in [0, 0.05) is 12.4 Å². The maximum absolute atomic E-state index is 12.0. The summed E-state index contributed by atoms with van der Waals surface area (Å²) in [5, 5.41) is 0. The molecule has 2 rings (SSSR count). The van der Waals surface area contributed by atoms with Crippen LogP contribution >= 0.6 is 0 Å². The second kappa shape index (κ2) is 4.78. The molecule has 1 aromatic carbocycles. The lowest BCUT2D eigenvalue weighted by Crippen LogP contribution is -2.10. The molecule has 94 valence electrons. The van der Waals surface area contributed by atoms with Gasteiger partial charge in [-0.05, 0) is 49.2 Å². The highest BCUT2D eigenvalue weighted by Gasteiger charge is 2.16. The fourth-order valence-electron chi connectivity index (χ4n) is 1.65. The van der Waals surface area contributed by atoms with Crippen LogP contribution in [0.25, 0.3) is 0 Å². The van der Waals surface area contributed by atoms with Crippen LogP contribution < -0.4 is 4.18 Å². The SMILES string of the molecule is Cc1cc(C)cc(OS(=O)(=O)c2cccnc2)c1. The molecule has 0 saturated carbocycles. The Kier molecular flexibility index (Phi) is 3.34. The van der Waals surface area contributed by atoms with Crippen molar-refractivity contribution < 1.29 is 12.6 Å². The quantitative estimate of drug-likeness (QED) is 0.798. The largest absolute Gasteiger partial charge is 0.379 e. The van der Waals surface area contributed by atoms with Gasteiger partial charge < -0.3 is 4.18 Å². The van der Waals surface area contributed by atoms with E-state index >= 15 is 0 Å². The van der Waals surface area contributed by atoms with Crippen LogP contribution in [0.15, 0.2) is 47.6 Å². The Hall–Kier alpha value is -1.88. The third-order valence-electron chi connectivity index (χ3n) is 2.32. The Balaban J connectivity index is 2.34. The zero-order valence-corrected chi connectivity index (χ0v) is 10.9. The van der Waals surface area contributed by atoms with Crippen LogP contribution in [-0.2, 0) is 10.1 Å². The molecule has 0 atom stereocenters. The Labute approximate surface area is 106 Å². The molecule has 1 heterocycles. The maximum atomic E-state index is 12.0. The van der Waals surface area contributed by atoms with Gasteiger partial charge >= 0.3 is 10.1 Å². The second-order valence-electron chi connectivity index (χ2n) is 4.05. The van der Waals surface area contributed by atoms with Gasteiger partial charge in [-0.3, -0.25) is 4.98 Å². The Morgan fingerprint density at radius 2 is 1.78 bits per heavy atom. The van der Waals surface area contributed by atoms with Gasteiger partial charge in [0.25, 0.3) is 0 Å². The summed E-state index contributed by atoms with van der Waals surface area (Å²) < 4.78 is 29.0. The highest BCUT2D eigenvalue weighted by Crippen LogP contribution is 2.20. The number of rotatable bonds is 3. The van der Waals surface area contributed by atoms with E-state index in [1.165, 1.54) is 18.5 Å². The number of nitrogens with zero attached hydrogens (tertiary/aromatic N) is 1. The van der Waals surface area contributed by atoms with Gasteiger partial charge in [0.2, 0.25) is 0 Å². The van der Waals surface area contributed by atoms with Crippen LogP contribution in [0.1, 0.15) is 11.1 Å². The highest BCUT2D eigenvalue weighted by molar-refractivity contribution is 7.87. The maximum Gasteiger partial charge on any atom is 0.340 e. The first kappa shape index (κ1) is 12.6. The van der Waals surface area contributed by atoms with Gasteiger partial charge in [0.05, 0.1) is 0 Å². The third kappa shape index (κ3) is 2.87. The summed E-state index contributed by atoms with van der Waals surface area (Å²) >= 11 is 0. The number of pyridine rings is 1. The van der Waals surface area contributed by atoms with Crippen LogP contribution in [0.5, 0.6) is 5.75 Å². The van der Waals surface area contributed by atoms with E-state index in [-0.39, 0.29) is 4.90 Å². The highest BCUT2D eigenvalue weighted by atomic mass is 32.2. The van der Waals surface area contributed by atoms with Crippen LogP contribution in [0.2, 0.25) is 0 Å². The minimum atomic E-state index is -3.81. The standard InChI is InChI=1S/C13H13NO3S/c1-10-6-11(2)8-12(7-10)17-18(15,16)13-4-3-5-14-9-13/h3-9H,1-2H3. The summed E-state index contributed by atoms with van der Waals surface area (Å²) in [6.07, 6.45) is 2.77. The van der Waals surface area contributed by atoms with E-state index in [1.807, 2.05) is 19.9 Å². The van der Waals surface area contributed by atoms with Gasteiger partial charge in [-0.15, -0.1) is 0 Å². The van der Waals surface area contributed by atoms with E-state index in [2.05, 4.69) is 4.98 Å². The predicted molar refractivity (Wildman–Crippen MR) is 68.0 cm³/mol. The van der Waals surface area contributed by atoms with Crippen molar-refractivity contribution in [2.75, 3.05) is 0 Å². The molecule has 0 aliphatic carbocycles. The van der Waals surface area contributed by atoms with Crippen molar-refractivity contribution in [2.24, 2.45) is 0 Å². The van der Waals surface area contributed by atoms with Crippen molar-refractivity contribution in [1.82, 2.24) is 4.98 Å². The summed E-state index contributed by atoms with van der Waals surface area (Å²) in [5.74, 6) is 0.316. The third-order valence-corrected chi connectivity index (χ3v) is 3.55. The molecule has 0 spiro atoms. The Morgan fingerprint density at radius 3 is 2.33 bits per heavy atom. The monoisotopic (exact) mass is 263 g/mol. The molecule has 0 saturated heterocycles. The van der Waals surface area contributed by atoms with Crippen molar-refractivity contribution in [3.63, 3.8) is 0 Å². The van der Waals surface area contributed by atoms with Gasteiger partial charge in [0.15, 0.2) is 0 Å². The van der Waals surface area contributed by atoms with E-state index in [0.717, 1.165) is 11.1 Å². The number of hydrogen-bond donors (Lipinski definition) is 0. The molecule has 0 fully saturated rings. The molecule has 0 N–H and O–H groups in total. The summed E-state index contributed by atoms with van der Waals surface area (Å²) in [6.45, 7) is 3.77. The molecule has 1 aromatic heterocycles. The summed E-state index contributed by atoms with van der Waals surface area (Å²) in [7, 11) is -3.81. The molecule has 2 aromatic rings. The number of aromatic nitrogens is 1. The molecule has 0 radical (unpaired) electrons. The average Bonchev–Trinajstić information content (AvgIpc) is 2.28. The van der Waals surface area contributed by atoms with Crippen LogP contribution in [0.4, 0.5) is 0 Å². The molecular formula is C13H13NO3S. The first-order valence-electron chi connectivity index (χ1n) is 5.40. The minimum absolute atomic E-state index is 0.0455. The summed E-state index contributed by atoms with van der Waals surface area (Å²) in [6, 6.07) is 8.31. The lowest BCUT2D eigenvalue weighted by Gasteiger charge is -2.08. The molecular weight excluding hydrogens is 250 g/mol. The number of benzene rings is 1. The zero-order valence-electron chi connectivity index (χ0n) is 10.1. The van der Waals surface area contributed by atoms with E-state index in [4.69, 9.17) is 4.18 Å². The molecule has 0 bridgehead atoms. The fraction of sp³-hybridized carbons (Fsp3) is 0.154. The van der Waals surface area contributed by atoms with Crippen molar-refractivity contribution in [3.8, 4) is 5.75 Å². The summed E-state index contributed by atoms with van der Waals surface area (Å²) in [4.78, 5) is 3.81. The van der Waals surface area contributed by atoms with Crippen molar-refractivity contribution in [3.05, 3.63) is 53.9 Å². The van der Waals surface area contributed by atoms with E-state index in [1.54, 1.807) is 18.2 Å². The minimum Gasteiger partial charge on any atom is -0.379 e. The van der Waals surface area contributed by atoms with Gasteiger partial charge in [-0.1, -0.05) is 6.07 Å². The molecule has 4 nitrogen and oxygen atoms in total. The van der Waals surface area contributed by atoms with Crippen LogP contribution in [0.3, 0.4) is 0 Å². The van der Waals surface area contributed by atoms with Crippen molar-refractivity contribution in [2.45, 2.75) is 18.7 Å². The smallest absolute Gasteiger partial charge is 0.340 e. The average molecular weight is 263 g/mol. The lowest BCUT2D eigenvalue weighted by atomic mass is 10.1.